The van der Waals surface area contributed by atoms with Gasteiger partial charge in [-0.2, -0.15) is 10.2 Å². The number of hydrogen-bond acceptors (Lipinski definition) is 5. The Morgan fingerprint density at radius 3 is 2.82 bits per heavy atom. The van der Waals surface area contributed by atoms with Crippen molar-refractivity contribution in [1.82, 2.24) is 24.7 Å². The molecule has 2 rings (SSSR count). The SMILES string of the molecule is Cn1ncc(CNS(=O)(=O)c2cn[nH]c2)c1N. The summed E-state index contributed by atoms with van der Waals surface area (Å²) in [4.78, 5) is 0.0833. The summed E-state index contributed by atoms with van der Waals surface area (Å²) >= 11 is 0. The Morgan fingerprint density at radius 1 is 1.53 bits per heavy atom. The molecule has 0 aliphatic carbocycles. The Kier molecular flexibility index (Phi) is 2.86. The van der Waals surface area contributed by atoms with Gasteiger partial charge in [0.25, 0.3) is 0 Å². The smallest absolute Gasteiger partial charge is 0.243 e. The van der Waals surface area contributed by atoms with Crippen molar-refractivity contribution in [2.24, 2.45) is 7.05 Å². The number of rotatable bonds is 4. The van der Waals surface area contributed by atoms with Crippen LogP contribution in [0.3, 0.4) is 0 Å². The van der Waals surface area contributed by atoms with E-state index in [4.69, 9.17) is 5.73 Å². The molecule has 0 bridgehead atoms. The Hall–Kier alpha value is -1.87. The van der Waals surface area contributed by atoms with E-state index in [0.717, 1.165) is 0 Å². The van der Waals surface area contributed by atoms with Crippen LogP contribution in [0.25, 0.3) is 0 Å². The summed E-state index contributed by atoms with van der Waals surface area (Å²) in [6.45, 7) is 0.0905. The first-order valence-electron chi connectivity index (χ1n) is 4.75. The molecule has 0 radical (unpaired) electrons. The molecule has 9 heteroatoms. The number of nitrogen functional groups attached to an aromatic ring is 1. The first-order valence-corrected chi connectivity index (χ1v) is 6.24. The molecule has 0 aromatic carbocycles. The first kappa shape index (κ1) is 11.6. The number of anilines is 1. The van der Waals surface area contributed by atoms with Crippen molar-refractivity contribution in [2.45, 2.75) is 11.4 Å². The second kappa shape index (κ2) is 4.18. The molecule has 0 unspecified atom stereocenters. The highest BCUT2D eigenvalue weighted by molar-refractivity contribution is 7.89. The fraction of sp³-hybridized carbons (Fsp3) is 0.250. The van der Waals surface area contributed by atoms with Crippen LogP contribution in [-0.4, -0.2) is 28.4 Å². The average Bonchev–Trinajstić information content (AvgIpc) is 2.90. The normalized spacial score (nSPS) is 11.8. The van der Waals surface area contributed by atoms with Crippen molar-refractivity contribution in [3.05, 3.63) is 24.2 Å². The standard InChI is InChI=1S/C8H12N6O2S/c1-14-8(9)6(2-12-14)3-13-17(15,16)7-4-10-11-5-7/h2,4-5,13H,3,9H2,1H3,(H,10,11). The van der Waals surface area contributed by atoms with E-state index in [2.05, 4.69) is 20.0 Å². The van der Waals surface area contributed by atoms with E-state index >= 15 is 0 Å². The summed E-state index contributed by atoms with van der Waals surface area (Å²) in [6.07, 6.45) is 4.05. The molecule has 17 heavy (non-hydrogen) atoms. The molecule has 4 N–H and O–H groups in total. The Morgan fingerprint density at radius 2 is 2.29 bits per heavy atom. The second-order valence-electron chi connectivity index (χ2n) is 3.44. The van der Waals surface area contributed by atoms with Gasteiger partial charge in [0, 0.05) is 25.4 Å². The molecule has 8 nitrogen and oxygen atoms in total. The van der Waals surface area contributed by atoms with E-state index in [1.54, 1.807) is 7.05 Å². The van der Waals surface area contributed by atoms with Gasteiger partial charge in [-0.3, -0.25) is 9.78 Å². The molecule has 0 amide bonds. The average molecular weight is 256 g/mol. The molecule has 0 aliphatic heterocycles. The Bertz CT molecular complexity index is 600. The summed E-state index contributed by atoms with van der Waals surface area (Å²) in [7, 11) is -1.88. The zero-order chi connectivity index (χ0) is 12.5. The van der Waals surface area contributed by atoms with Crippen molar-refractivity contribution in [3.8, 4) is 0 Å². The summed E-state index contributed by atoms with van der Waals surface area (Å²) in [5.41, 5.74) is 6.32. The number of aromatic amines is 1. The van der Waals surface area contributed by atoms with Gasteiger partial charge in [0.05, 0.1) is 12.4 Å². The maximum atomic E-state index is 11.7. The van der Waals surface area contributed by atoms with Crippen LogP contribution in [0.5, 0.6) is 0 Å². The molecule has 92 valence electrons. The van der Waals surface area contributed by atoms with Gasteiger partial charge in [-0.05, 0) is 0 Å². The molecule has 2 aromatic heterocycles. The molecule has 2 heterocycles. The lowest BCUT2D eigenvalue weighted by Crippen LogP contribution is -2.23. The van der Waals surface area contributed by atoms with Gasteiger partial charge < -0.3 is 5.73 Å². The fourth-order valence-corrected chi connectivity index (χ4v) is 2.18. The quantitative estimate of drug-likeness (QED) is 0.662. The summed E-state index contributed by atoms with van der Waals surface area (Å²) in [5, 5.41) is 9.94. The number of nitrogens with zero attached hydrogens (tertiary/aromatic N) is 3. The number of aryl methyl sites for hydroxylation is 1. The summed E-state index contributed by atoms with van der Waals surface area (Å²) in [5.74, 6) is 0.430. The molecule has 2 aromatic rings. The predicted molar refractivity (Wildman–Crippen MR) is 60.2 cm³/mol. The third-order valence-corrected chi connectivity index (χ3v) is 3.67. The van der Waals surface area contributed by atoms with Gasteiger partial charge in [0.1, 0.15) is 10.7 Å². The monoisotopic (exact) mass is 256 g/mol. The van der Waals surface area contributed by atoms with Crippen molar-refractivity contribution in [3.63, 3.8) is 0 Å². The van der Waals surface area contributed by atoms with Crippen LogP contribution in [0, 0.1) is 0 Å². The number of nitrogens with one attached hydrogen (secondary N) is 2. The lowest BCUT2D eigenvalue weighted by Gasteiger charge is -2.03. The van der Waals surface area contributed by atoms with E-state index in [0.29, 0.717) is 11.4 Å². The maximum absolute atomic E-state index is 11.7. The number of nitrogens with two attached hydrogens (primary N) is 1. The number of H-pyrrole nitrogens is 1. The number of aromatic nitrogens is 4. The Balaban J connectivity index is 2.11. The van der Waals surface area contributed by atoms with E-state index < -0.39 is 10.0 Å². The van der Waals surface area contributed by atoms with Gasteiger partial charge in [-0.15, -0.1) is 0 Å². The van der Waals surface area contributed by atoms with Crippen LogP contribution in [0.4, 0.5) is 5.82 Å². The van der Waals surface area contributed by atoms with E-state index in [-0.39, 0.29) is 11.4 Å². The number of hydrogen-bond donors (Lipinski definition) is 3. The predicted octanol–water partition coefficient (Wildman–Crippen LogP) is -0.796. The highest BCUT2D eigenvalue weighted by Crippen LogP contribution is 2.11. The van der Waals surface area contributed by atoms with Gasteiger partial charge >= 0.3 is 0 Å². The van der Waals surface area contributed by atoms with E-state index in [9.17, 15) is 8.42 Å². The molecular weight excluding hydrogens is 244 g/mol. The number of sulfonamides is 1. The van der Waals surface area contributed by atoms with Gasteiger partial charge in [-0.25, -0.2) is 13.1 Å². The van der Waals surface area contributed by atoms with E-state index in [1.807, 2.05) is 0 Å². The largest absolute Gasteiger partial charge is 0.384 e. The molecule has 0 saturated heterocycles. The third kappa shape index (κ3) is 2.29. The first-order chi connectivity index (χ1) is 8.00. The van der Waals surface area contributed by atoms with Gasteiger partial charge in [-0.1, -0.05) is 0 Å². The van der Waals surface area contributed by atoms with Crippen molar-refractivity contribution >= 4 is 15.8 Å². The third-order valence-electron chi connectivity index (χ3n) is 2.30. The summed E-state index contributed by atoms with van der Waals surface area (Å²) in [6, 6.07) is 0. The van der Waals surface area contributed by atoms with E-state index in [1.165, 1.54) is 23.3 Å². The van der Waals surface area contributed by atoms with Crippen LogP contribution in [0.2, 0.25) is 0 Å². The molecular formula is C8H12N6O2S. The molecule has 0 spiro atoms. The lowest BCUT2D eigenvalue weighted by molar-refractivity contribution is 0.581. The van der Waals surface area contributed by atoms with Gasteiger partial charge in [0.15, 0.2) is 0 Å². The highest BCUT2D eigenvalue weighted by Gasteiger charge is 2.16. The minimum atomic E-state index is -3.56. The molecule has 0 aliphatic rings. The lowest BCUT2D eigenvalue weighted by atomic mass is 10.3. The van der Waals surface area contributed by atoms with Crippen LogP contribution >= 0.6 is 0 Å². The molecule has 0 fully saturated rings. The van der Waals surface area contributed by atoms with Crippen molar-refractivity contribution in [2.75, 3.05) is 5.73 Å². The maximum Gasteiger partial charge on any atom is 0.243 e. The van der Waals surface area contributed by atoms with Crippen LogP contribution < -0.4 is 10.5 Å². The molecule has 0 saturated carbocycles. The van der Waals surface area contributed by atoms with Crippen molar-refractivity contribution < 1.29 is 8.42 Å². The van der Waals surface area contributed by atoms with Gasteiger partial charge in [0.2, 0.25) is 10.0 Å². The topological polar surface area (TPSA) is 119 Å². The Labute approximate surface area is 97.9 Å². The second-order valence-corrected chi connectivity index (χ2v) is 5.20. The van der Waals surface area contributed by atoms with Crippen LogP contribution in [0.1, 0.15) is 5.56 Å². The summed E-state index contributed by atoms with van der Waals surface area (Å²) < 4.78 is 27.4. The highest BCUT2D eigenvalue weighted by atomic mass is 32.2. The van der Waals surface area contributed by atoms with Crippen molar-refractivity contribution in [1.29, 1.82) is 0 Å². The fourth-order valence-electron chi connectivity index (χ4n) is 1.27. The zero-order valence-electron chi connectivity index (χ0n) is 9.08. The van der Waals surface area contributed by atoms with Crippen LogP contribution in [0.15, 0.2) is 23.5 Å². The van der Waals surface area contributed by atoms with Crippen LogP contribution in [-0.2, 0) is 23.6 Å². The minimum Gasteiger partial charge on any atom is -0.384 e. The molecule has 0 atom stereocenters. The minimum absolute atomic E-state index is 0.0833. The zero-order valence-corrected chi connectivity index (χ0v) is 9.90.